The molecule has 0 fully saturated rings. The van der Waals surface area contributed by atoms with E-state index in [1.54, 1.807) is 24.3 Å². The molecule has 0 atom stereocenters. The van der Waals surface area contributed by atoms with Crippen molar-refractivity contribution in [2.45, 2.75) is 12.5 Å². The lowest BCUT2D eigenvalue weighted by Gasteiger charge is -2.30. The van der Waals surface area contributed by atoms with Crippen LogP contribution in [-0.4, -0.2) is 11.1 Å². The molecule has 0 saturated carbocycles. The fourth-order valence-corrected chi connectivity index (χ4v) is 2.79. The molecule has 3 aromatic carbocycles. The number of rotatable bonds is 4. The van der Waals surface area contributed by atoms with E-state index in [4.69, 9.17) is 4.74 Å². The highest BCUT2D eigenvalue weighted by Crippen LogP contribution is 2.37. The van der Waals surface area contributed by atoms with Crippen molar-refractivity contribution in [1.29, 1.82) is 0 Å². The fraction of sp³-hybridized carbons (Fsp3) is 0.0952. The van der Waals surface area contributed by atoms with Crippen LogP contribution >= 0.6 is 0 Å². The molecule has 3 aromatic rings. The Bertz CT molecular complexity index is 769. The van der Waals surface area contributed by atoms with Gasteiger partial charge in [-0.25, -0.2) is 0 Å². The molecule has 0 aromatic heterocycles. The molecule has 120 valence electrons. The minimum absolute atomic E-state index is 0.371. The number of carbonyl (C=O) groups is 1. The summed E-state index contributed by atoms with van der Waals surface area (Å²) >= 11 is 0. The van der Waals surface area contributed by atoms with E-state index in [9.17, 15) is 9.90 Å². The molecule has 0 saturated heterocycles. The highest BCUT2D eigenvalue weighted by atomic mass is 16.5. The van der Waals surface area contributed by atoms with E-state index in [1.165, 1.54) is 6.92 Å². The van der Waals surface area contributed by atoms with Crippen molar-refractivity contribution in [1.82, 2.24) is 0 Å². The first-order valence-corrected chi connectivity index (χ1v) is 7.73. The van der Waals surface area contributed by atoms with Crippen molar-refractivity contribution in [2.24, 2.45) is 0 Å². The lowest BCUT2D eigenvalue weighted by atomic mass is 9.80. The second kappa shape index (κ2) is 6.69. The predicted molar refractivity (Wildman–Crippen MR) is 92.7 cm³/mol. The zero-order valence-electron chi connectivity index (χ0n) is 13.3. The minimum atomic E-state index is -1.28. The van der Waals surface area contributed by atoms with Crippen LogP contribution in [0.5, 0.6) is 5.75 Å². The quantitative estimate of drug-likeness (QED) is 0.451. The normalized spacial score (nSPS) is 11.1. The van der Waals surface area contributed by atoms with Crippen LogP contribution in [0.1, 0.15) is 23.6 Å². The van der Waals surface area contributed by atoms with E-state index in [2.05, 4.69) is 0 Å². The molecule has 0 radical (unpaired) electrons. The molecule has 1 N–H and O–H groups in total. The Morgan fingerprint density at radius 1 is 0.750 bits per heavy atom. The van der Waals surface area contributed by atoms with Crippen LogP contribution < -0.4 is 4.74 Å². The number of carbonyl (C=O) groups excluding carboxylic acids is 1. The van der Waals surface area contributed by atoms with Crippen molar-refractivity contribution >= 4 is 5.97 Å². The van der Waals surface area contributed by atoms with Gasteiger partial charge in [0.25, 0.3) is 0 Å². The first-order chi connectivity index (χ1) is 11.6. The Morgan fingerprint density at radius 3 is 1.58 bits per heavy atom. The van der Waals surface area contributed by atoms with Crippen molar-refractivity contribution < 1.29 is 14.6 Å². The lowest BCUT2D eigenvalue weighted by molar-refractivity contribution is -0.131. The second-order valence-electron chi connectivity index (χ2n) is 5.56. The number of hydrogen-bond acceptors (Lipinski definition) is 3. The largest absolute Gasteiger partial charge is 0.427 e. The van der Waals surface area contributed by atoms with Crippen LogP contribution in [0.3, 0.4) is 0 Å². The highest BCUT2D eigenvalue weighted by Gasteiger charge is 2.33. The Balaban J connectivity index is 2.10. The maximum atomic E-state index is 11.6. The summed E-state index contributed by atoms with van der Waals surface area (Å²) in [4.78, 5) is 11.1. The molecule has 0 bridgehead atoms. The van der Waals surface area contributed by atoms with Crippen LogP contribution in [0.2, 0.25) is 0 Å². The van der Waals surface area contributed by atoms with Gasteiger partial charge in [0.15, 0.2) is 0 Å². The highest BCUT2D eigenvalue weighted by molar-refractivity contribution is 5.69. The monoisotopic (exact) mass is 318 g/mol. The number of hydrogen-bond donors (Lipinski definition) is 1. The van der Waals surface area contributed by atoms with Gasteiger partial charge in [-0.1, -0.05) is 72.8 Å². The second-order valence-corrected chi connectivity index (χ2v) is 5.56. The maximum Gasteiger partial charge on any atom is 0.308 e. The zero-order chi connectivity index (χ0) is 17.0. The van der Waals surface area contributed by atoms with Gasteiger partial charge in [0.05, 0.1) is 0 Å². The molecule has 0 unspecified atom stereocenters. The van der Waals surface area contributed by atoms with Gasteiger partial charge in [0.1, 0.15) is 11.4 Å². The summed E-state index contributed by atoms with van der Waals surface area (Å²) < 4.78 is 5.07. The van der Waals surface area contributed by atoms with E-state index >= 15 is 0 Å². The maximum absolute atomic E-state index is 11.6. The lowest BCUT2D eigenvalue weighted by Crippen LogP contribution is -2.28. The van der Waals surface area contributed by atoms with Gasteiger partial charge in [-0.3, -0.25) is 4.79 Å². The Kier molecular flexibility index (Phi) is 4.45. The van der Waals surface area contributed by atoms with Gasteiger partial charge in [-0.2, -0.15) is 0 Å². The smallest absolute Gasteiger partial charge is 0.308 e. The van der Waals surface area contributed by atoms with E-state index in [0.29, 0.717) is 11.3 Å². The molecule has 0 heterocycles. The van der Waals surface area contributed by atoms with Crippen molar-refractivity contribution in [2.75, 3.05) is 0 Å². The summed E-state index contributed by atoms with van der Waals surface area (Å²) in [6.07, 6.45) is 0. The SMILES string of the molecule is CC(=O)Oc1ccc(C(O)(c2ccccc2)c2ccccc2)cc1. The molecular weight excluding hydrogens is 300 g/mol. The van der Waals surface area contributed by atoms with Crippen molar-refractivity contribution in [3.63, 3.8) is 0 Å². The Morgan fingerprint density at radius 2 is 1.17 bits per heavy atom. The van der Waals surface area contributed by atoms with E-state index < -0.39 is 5.60 Å². The predicted octanol–water partition coefficient (Wildman–Crippen LogP) is 3.90. The summed E-state index contributed by atoms with van der Waals surface area (Å²) in [5.41, 5.74) is 0.973. The van der Waals surface area contributed by atoms with Gasteiger partial charge in [0.2, 0.25) is 0 Å². The molecule has 3 nitrogen and oxygen atoms in total. The number of aliphatic hydroxyl groups is 1. The standard InChI is InChI=1S/C21H18O3/c1-16(22)24-20-14-12-19(13-15-20)21(23,17-8-4-2-5-9-17)18-10-6-3-7-11-18/h2-15,23H,1H3. The summed E-state index contributed by atoms with van der Waals surface area (Å²) in [6, 6.07) is 25.9. The Labute approximate surface area is 141 Å². The van der Waals surface area contributed by atoms with Crippen LogP contribution in [-0.2, 0) is 10.4 Å². The average Bonchev–Trinajstić information content (AvgIpc) is 2.63. The van der Waals surface area contributed by atoms with Gasteiger partial charge in [0, 0.05) is 6.92 Å². The Hall–Kier alpha value is -2.91. The average molecular weight is 318 g/mol. The summed E-state index contributed by atoms with van der Waals surface area (Å²) in [6.45, 7) is 1.36. The first kappa shape index (κ1) is 16.0. The number of benzene rings is 3. The summed E-state index contributed by atoms with van der Waals surface area (Å²) in [7, 11) is 0. The van der Waals surface area contributed by atoms with Gasteiger partial charge in [-0.15, -0.1) is 0 Å². The van der Waals surface area contributed by atoms with E-state index in [-0.39, 0.29) is 5.97 Å². The van der Waals surface area contributed by atoms with Gasteiger partial charge < -0.3 is 9.84 Å². The third-order valence-corrected chi connectivity index (χ3v) is 3.92. The molecule has 3 rings (SSSR count). The molecule has 0 aliphatic carbocycles. The molecule has 0 spiro atoms. The molecule has 0 amide bonds. The zero-order valence-corrected chi connectivity index (χ0v) is 13.3. The fourth-order valence-electron chi connectivity index (χ4n) is 2.79. The van der Waals surface area contributed by atoms with Crippen LogP contribution in [0.15, 0.2) is 84.9 Å². The molecule has 0 aliphatic heterocycles. The van der Waals surface area contributed by atoms with Crippen LogP contribution in [0.25, 0.3) is 0 Å². The molecule has 24 heavy (non-hydrogen) atoms. The van der Waals surface area contributed by atoms with Gasteiger partial charge >= 0.3 is 5.97 Å². The van der Waals surface area contributed by atoms with Crippen LogP contribution in [0, 0.1) is 0 Å². The van der Waals surface area contributed by atoms with Gasteiger partial charge in [-0.05, 0) is 28.8 Å². The summed E-state index contributed by atoms with van der Waals surface area (Å²) in [5, 5.41) is 11.6. The van der Waals surface area contributed by atoms with E-state index in [0.717, 1.165) is 11.1 Å². The van der Waals surface area contributed by atoms with Crippen LogP contribution in [0.4, 0.5) is 0 Å². The molecule has 0 aliphatic rings. The number of ether oxygens (including phenoxy) is 1. The minimum Gasteiger partial charge on any atom is -0.427 e. The topological polar surface area (TPSA) is 46.5 Å². The van der Waals surface area contributed by atoms with Crippen molar-refractivity contribution in [3.8, 4) is 5.75 Å². The number of esters is 1. The molecule has 3 heteroatoms. The first-order valence-electron chi connectivity index (χ1n) is 7.73. The van der Waals surface area contributed by atoms with Crippen molar-refractivity contribution in [3.05, 3.63) is 102 Å². The summed E-state index contributed by atoms with van der Waals surface area (Å²) in [5.74, 6) is 0.0823. The van der Waals surface area contributed by atoms with E-state index in [1.807, 2.05) is 60.7 Å². The molecular formula is C21H18O3. The third-order valence-electron chi connectivity index (χ3n) is 3.92. The third kappa shape index (κ3) is 3.07.